The molecule has 0 fully saturated rings. The molecule has 0 saturated heterocycles. The molecule has 0 bridgehead atoms. The zero-order chi connectivity index (χ0) is 19.5. The van der Waals surface area contributed by atoms with E-state index < -0.39 is 11.7 Å². The van der Waals surface area contributed by atoms with Crippen molar-refractivity contribution in [2.45, 2.75) is 46.4 Å². The van der Waals surface area contributed by atoms with E-state index in [1.54, 1.807) is 29.2 Å². The molecule has 142 valence electrons. The second-order valence-electron chi connectivity index (χ2n) is 6.75. The molecule has 8 heteroatoms. The van der Waals surface area contributed by atoms with E-state index in [0.29, 0.717) is 22.5 Å². The molecule has 0 spiro atoms. The smallest absolute Gasteiger partial charge is 0.415 e. The number of aromatic hydroxyl groups is 1. The summed E-state index contributed by atoms with van der Waals surface area (Å²) in [6.07, 6.45) is 2.94. The Kier molecular flexibility index (Phi) is 6.17. The maximum absolute atomic E-state index is 12.7. The zero-order valence-electron chi connectivity index (χ0n) is 15.6. The highest BCUT2D eigenvalue weighted by atomic mass is 79.9. The third-order valence-electron chi connectivity index (χ3n) is 3.52. The highest BCUT2D eigenvalue weighted by Crippen LogP contribution is 2.36. The Balaban J connectivity index is 2.38. The molecule has 0 saturated carbocycles. The summed E-state index contributed by atoms with van der Waals surface area (Å²) in [6, 6.07) is 3.42. The summed E-state index contributed by atoms with van der Waals surface area (Å²) in [5.74, 6) is 0.335. The van der Waals surface area contributed by atoms with Crippen molar-refractivity contribution in [2.24, 2.45) is 0 Å². The average Bonchev–Trinajstić information content (AvgIpc) is 3.02. The van der Waals surface area contributed by atoms with Crippen LogP contribution in [0.5, 0.6) is 11.5 Å². The van der Waals surface area contributed by atoms with Crippen LogP contribution >= 0.6 is 15.9 Å². The van der Waals surface area contributed by atoms with Gasteiger partial charge in [0.15, 0.2) is 11.5 Å². The van der Waals surface area contributed by atoms with E-state index in [1.165, 1.54) is 12.0 Å². The number of phenols is 1. The lowest BCUT2D eigenvalue weighted by Crippen LogP contribution is -2.36. The number of aromatic nitrogens is 2. The fourth-order valence-electron chi connectivity index (χ4n) is 2.30. The quantitative estimate of drug-likeness (QED) is 0.771. The van der Waals surface area contributed by atoms with Gasteiger partial charge in [0.25, 0.3) is 0 Å². The standard InChI is InChI=1S/C18H24BrN3O4/c1-6-21-11-13(9-20-21)22(17(24)26-18(2,3)4)10-12-7-14(19)16(23)15(8-12)25-5/h7-9,11,23H,6,10H2,1-5H3. The van der Waals surface area contributed by atoms with E-state index >= 15 is 0 Å². The normalized spacial score (nSPS) is 11.3. The van der Waals surface area contributed by atoms with Crippen molar-refractivity contribution >= 4 is 27.7 Å². The van der Waals surface area contributed by atoms with E-state index in [4.69, 9.17) is 9.47 Å². The van der Waals surface area contributed by atoms with Gasteiger partial charge in [-0.2, -0.15) is 5.10 Å². The number of aryl methyl sites for hydroxylation is 1. The molecular formula is C18H24BrN3O4. The molecule has 0 aliphatic heterocycles. The van der Waals surface area contributed by atoms with Gasteiger partial charge in [-0.15, -0.1) is 0 Å². The third kappa shape index (κ3) is 4.91. The van der Waals surface area contributed by atoms with Gasteiger partial charge in [-0.3, -0.25) is 9.58 Å². The largest absolute Gasteiger partial charge is 0.503 e. The number of hydrogen-bond acceptors (Lipinski definition) is 5. The number of nitrogens with zero attached hydrogens (tertiary/aromatic N) is 3. The van der Waals surface area contributed by atoms with Crippen molar-refractivity contribution in [3.05, 3.63) is 34.6 Å². The number of hydrogen-bond donors (Lipinski definition) is 1. The summed E-state index contributed by atoms with van der Waals surface area (Å²) < 4.78 is 12.9. The lowest BCUT2D eigenvalue weighted by molar-refractivity contribution is 0.0577. The van der Waals surface area contributed by atoms with Crippen molar-refractivity contribution in [2.75, 3.05) is 12.0 Å². The number of methoxy groups -OCH3 is 1. The first-order chi connectivity index (χ1) is 12.1. The summed E-state index contributed by atoms with van der Waals surface area (Å²) in [7, 11) is 1.47. The van der Waals surface area contributed by atoms with Crippen LogP contribution in [0.4, 0.5) is 10.5 Å². The lowest BCUT2D eigenvalue weighted by atomic mass is 10.2. The summed E-state index contributed by atoms with van der Waals surface area (Å²) in [5, 5.41) is 14.2. The molecule has 1 aromatic heterocycles. The topological polar surface area (TPSA) is 76.8 Å². The van der Waals surface area contributed by atoms with Crippen LogP contribution < -0.4 is 9.64 Å². The predicted molar refractivity (Wildman–Crippen MR) is 103 cm³/mol. The number of carbonyl (C=O) groups excluding carboxylic acids is 1. The van der Waals surface area contributed by atoms with Crippen molar-refractivity contribution in [3.8, 4) is 11.5 Å². The van der Waals surface area contributed by atoms with Crippen molar-refractivity contribution < 1.29 is 19.4 Å². The van der Waals surface area contributed by atoms with Gasteiger partial charge in [-0.25, -0.2) is 4.79 Å². The highest BCUT2D eigenvalue weighted by molar-refractivity contribution is 9.10. The second kappa shape index (κ2) is 7.99. The van der Waals surface area contributed by atoms with Gasteiger partial charge in [0, 0.05) is 12.7 Å². The van der Waals surface area contributed by atoms with Crippen LogP contribution in [-0.4, -0.2) is 33.7 Å². The van der Waals surface area contributed by atoms with Crippen LogP contribution in [0.25, 0.3) is 0 Å². The molecule has 1 aromatic carbocycles. The van der Waals surface area contributed by atoms with E-state index in [1.807, 2.05) is 27.7 Å². The Labute approximate surface area is 161 Å². The molecule has 0 unspecified atom stereocenters. The Hall–Kier alpha value is -2.22. The Bertz CT molecular complexity index is 783. The third-order valence-corrected chi connectivity index (χ3v) is 4.12. The number of benzene rings is 1. The van der Waals surface area contributed by atoms with E-state index in [2.05, 4.69) is 21.0 Å². The molecule has 1 heterocycles. The van der Waals surface area contributed by atoms with Gasteiger partial charge in [-0.1, -0.05) is 0 Å². The second-order valence-corrected chi connectivity index (χ2v) is 7.60. The molecule has 26 heavy (non-hydrogen) atoms. The molecular weight excluding hydrogens is 402 g/mol. The zero-order valence-corrected chi connectivity index (χ0v) is 17.2. The summed E-state index contributed by atoms with van der Waals surface area (Å²) in [6.45, 7) is 8.35. The summed E-state index contributed by atoms with van der Waals surface area (Å²) >= 11 is 3.30. The molecule has 0 aliphatic rings. The molecule has 7 nitrogen and oxygen atoms in total. The molecule has 0 atom stereocenters. The number of amides is 1. The first-order valence-electron chi connectivity index (χ1n) is 8.23. The molecule has 1 amide bonds. The Morgan fingerprint density at radius 1 is 1.38 bits per heavy atom. The van der Waals surface area contributed by atoms with Crippen molar-refractivity contribution in [1.82, 2.24) is 9.78 Å². The minimum Gasteiger partial charge on any atom is -0.503 e. The van der Waals surface area contributed by atoms with Crippen LogP contribution in [-0.2, 0) is 17.8 Å². The number of halogens is 1. The molecule has 1 N–H and O–H groups in total. The molecule has 0 aliphatic carbocycles. The van der Waals surface area contributed by atoms with Crippen LogP contribution in [0.1, 0.15) is 33.3 Å². The Morgan fingerprint density at radius 2 is 2.08 bits per heavy atom. The number of rotatable bonds is 5. The maximum Gasteiger partial charge on any atom is 0.415 e. The van der Waals surface area contributed by atoms with E-state index in [0.717, 1.165) is 5.56 Å². The SMILES string of the molecule is CCn1cc(N(Cc2cc(Br)c(O)c(OC)c2)C(=O)OC(C)(C)C)cn1. The maximum atomic E-state index is 12.7. The number of phenolic OH excluding ortho intramolecular Hbond substituents is 1. The van der Waals surface area contributed by atoms with E-state index in [-0.39, 0.29) is 12.3 Å². The monoisotopic (exact) mass is 425 g/mol. The number of carbonyl (C=O) groups is 1. The van der Waals surface area contributed by atoms with E-state index in [9.17, 15) is 9.90 Å². The number of ether oxygens (including phenoxy) is 2. The van der Waals surface area contributed by atoms with Gasteiger partial charge in [-0.05, 0) is 61.3 Å². The average molecular weight is 426 g/mol. The van der Waals surface area contributed by atoms with Crippen LogP contribution in [0.15, 0.2) is 29.0 Å². The summed E-state index contributed by atoms with van der Waals surface area (Å²) in [5.41, 5.74) is 0.773. The fourth-order valence-corrected chi connectivity index (χ4v) is 2.79. The highest BCUT2D eigenvalue weighted by Gasteiger charge is 2.25. The van der Waals surface area contributed by atoms with Gasteiger partial charge in [0.1, 0.15) is 5.60 Å². The lowest BCUT2D eigenvalue weighted by Gasteiger charge is -2.26. The van der Waals surface area contributed by atoms with Gasteiger partial charge in [0.2, 0.25) is 0 Å². The first-order valence-corrected chi connectivity index (χ1v) is 9.02. The minimum absolute atomic E-state index is 0.0128. The predicted octanol–water partition coefficient (Wildman–Crippen LogP) is 4.32. The summed E-state index contributed by atoms with van der Waals surface area (Å²) in [4.78, 5) is 14.2. The Morgan fingerprint density at radius 3 is 2.62 bits per heavy atom. The first kappa shape index (κ1) is 20.1. The molecule has 2 aromatic rings. The number of anilines is 1. The van der Waals surface area contributed by atoms with Gasteiger partial charge in [0.05, 0.1) is 30.0 Å². The van der Waals surface area contributed by atoms with Crippen molar-refractivity contribution in [1.29, 1.82) is 0 Å². The molecule has 2 rings (SSSR count). The molecule has 0 radical (unpaired) electrons. The van der Waals surface area contributed by atoms with Crippen LogP contribution in [0, 0.1) is 0 Å². The fraction of sp³-hybridized carbons (Fsp3) is 0.444. The van der Waals surface area contributed by atoms with Gasteiger partial charge >= 0.3 is 6.09 Å². The van der Waals surface area contributed by atoms with Crippen LogP contribution in [0.3, 0.4) is 0 Å². The van der Waals surface area contributed by atoms with Gasteiger partial charge < -0.3 is 14.6 Å². The van der Waals surface area contributed by atoms with Crippen LogP contribution in [0.2, 0.25) is 0 Å². The van der Waals surface area contributed by atoms with Crippen molar-refractivity contribution in [3.63, 3.8) is 0 Å². The minimum atomic E-state index is -0.622.